The first-order valence-corrected chi connectivity index (χ1v) is 9.77. The molecule has 0 unspecified atom stereocenters. The van der Waals surface area contributed by atoms with Crippen molar-refractivity contribution < 1.29 is 29.5 Å². The highest BCUT2D eigenvalue weighted by Crippen LogP contribution is 2.29. The summed E-state index contributed by atoms with van der Waals surface area (Å²) in [6, 6.07) is 10.7. The van der Waals surface area contributed by atoms with Crippen LogP contribution in [0.25, 0.3) is 0 Å². The van der Waals surface area contributed by atoms with Gasteiger partial charge in [0, 0.05) is 22.3 Å². The maximum absolute atomic E-state index is 12.9. The second-order valence-electron chi connectivity index (χ2n) is 6.02. The van der Waals surface area contributed by atoms with Gasteiger partial charge in [0.25, 0.3) is 0 Å². The molecule has 8 heteroatoms. The first-order valence-electron chi connectivity index (χ1n) is 8.33. The normalized spacial score (nSPS) is 13.7. The Morgan fingerprint density at radius 1 is 0.769 bits per heavy atom. The van der Waals surface area contributed by atoms with Crippen molar-refractivity contribution in [2.24, 2.45) is 0 Å². The molecule has 0 fully saturated rings. The van der Waals surface area contributed by atoms with E-state index >= 15 is 0 Å². The molecule has 3 rings (SSSR count). The van der Waals surface area contributed by atoms with Crippen molar-refractivity contribution in [1.82, 2.24) is 4.31 Å². The maximum Gasteiger partial charge on any atom is 0.243 e. The molecule has 0 atom stereocenters. The summed E-state index contributed by atoms with van der Waals surface area (Å²) in [6.07, 6.45) is 0. The van der Waals surface area contributed by atoms with Gasteiger partial charge in [-0.3, -0.25) is 9.59 Å². The molecule has 26 heavy (non-hydrogen) atoms. The summed E-state index contributed by atoms with van der Waals surface area (Å²) in [7, 11) is -3.79. The van der Waals surface area contributed by atoms with E-state index in [4.69, 9.17) is 0 Å². The van der Waals surface area contributed by atoms with E-state index in [2.05, 4.69) is 11.5 Å². The minimum atomic E-state index is -3.79. The van der Waals surface area contributed by atoms with Crippen LogP contribution in [0.4, 0.5) is 0 Å². The summed E-state index contributed by atoms with van der Waals surface area (Å²) in [5.41, 5.74) is 8.41. The summed E-state index contributed by atoms with van der Waals surface area (Å²) in [5.74, 6) is -0.611. The Bertz CT molecular complexity index is 980. The Labute approximate surface area is 151 Å². The predicted octanol–water partition coefficient (Wildman–Crippen LogP) is -1.06. The van der Waals surface area contributed by atoms with Crippen LogP contribution in [0.1, 0.15) is 31.8 Å². The Hall–Kier alpha value is -2.39. The van der Waals surface area contributed by atoms with Crippen molar-refractivity contribution in [2.45, 2.75) is 4.90 Å². The number of ketones is 2. The van der Waals surface area contributed by atoms with Crippen molar-refractivity contribution >= 4 is 21.6 Å². The van der Waals surface area contributed by atoms with Crippen molar-refractivity contribution in [2.75, 3.05) is 26.2 Å². The first-order chi connectivity index (χ1) is 12.4. The van der Waals surface area contributed by atoms with Crippen LogP contribution in [0.5, 0.6) is 0 Å². The van der Waals surface area contributed by atoms with E-state index in [1.807, 2.05) is 0 Å². The van der Waals surface area contributed by atoms with Crippen LogP contribution < -0.4 is 11.5 Å². The van der Waals surface area contributed by atoms with E-state index < -0.39 is 10.0 Å². The van der Waals surface area contributed by atoms with E-state index in [9.17, 15) is 18.0 Å². The SMILES string of the molecule is [NH3+]CCN(CC[NH3+])S(=O)(=O)c1ccc2c(c1)C(=O)c1ccccc1C2=O. The molecule has 0 radical (unpaired) electrons. The number of hydrogen-bond donors (Lipinski definition) is 2. The number of carbonyl (C=O) groups excluding carboxylic acids is 2. The Morgan fingerprint density at radius 3 is 1.81 bits per heavy atom. The van der Waals surface area contributed by atoms with Crippen LogP contribution in [0.15, 0.2) is 47.4 Å². The quantitative estimate of drug-likeness (QED) is 0.569. The van der Waals surface area contributed by atoms with E-state index in [1.54, 1.807) is 24.3 Å². The summed E-state index contributed by atoms with van der Waals surface area (Å²) >= 11 is 0. The third-order valence-electron chi connectivity index (χ3n) is 4.35. The first kappa shape index (κ1) is 18.4. The number of sulfonamides is 1. The van der Waals surface area contributed by atoms with Crippen LogP contribution >= 0.6 is 0 Å². The number of fused-ring (bicyclic) bond motifs is 2. The number of quaternary nitrogens is 2. The fourth-order valence-electron chi connectivity index (χ4n) is 3.09. The lowest BCUT2D eigenvalue weighted by Gasteiger charge is -2.21. The summed E-state index contributed by atoms with van der Waals surface area (Å²) in [5, 5.41) is 0. The summed E-state index contributed by atoms with van der Waals surface area (Å²) in [4.78, 5) is 25.4. The average Bonchev–Trinajstić information content (AvgIpc) is 2.65. The Morgan fingerprint density at radius 2 is 1.27 bits per heavy atom. The van der Waals surface area contributed by atoms with Crippen LogP contribution in [0.2, 0.25) is 0 Å². The van der Waals surface area contributed by atoms with Crippen molar-refractivity contribution in [1.29, 1.82) is 0 Å². The summed E-state index contributed by atoms with van der Waals surface area (Å²) in [6.45, 7) is 1.39. The lowest BCUT2D eigenvalue weighted by Crippen LogP contribution is -2.59. The third-order valence-corrected chi connectivity index (χ3v) is 6.24. The molecule has 0 bridgehead atoms. The van der Waals surface area contributed by atoms with Crippen LogP contribution in [0, 0.1) is 0 Å². The molecule has 136 valence electrons. The molecule has 0 aliphatic heterocycles. The molecule has 2 aromatic carbocycles. The minimum Gasteiger partial charge on any atom is -0.356 e. The number of rotatable bonds is 6. The lowest BCUT2D eigenvalue weighted by atomic mass is 9.84. The predicted molar refractivity (Wildman–Crippen MR) is 94.0 cm³/mol. The topological polar surface area (TPSA) is 127 Å². The van der Waals surface area contributed by atoms with Crippen molar-refractivity contribution in [3.05, 3.63) is 64.7 Å². The van der Waals surface area contributed by atoms with E-state index in [0.717, 1.165) is 0 Å². The number of benzene rings is 2. The van der Waals surface area contributed by atoms with Gasteiger partial charge in [-0.05, 0) is 18.2 Å². The molecule has 0 saturated carbocycles. The van der Waals surface area contributed by atoms with Gasteiger partial charge in [-0.2, -0.15) is 4.31 Å². The fourth-order valence-corrected chi connectivity index (χ4v) is 4.64. The standard InChI is InChI=1S/C18H19N3O4S/c19-7-9-21(10-8-20)26(24,25)12-5-6-15-16(11-12)18(23)14-4-2-1-3-13(14)17(15)22/h1-6,11H,7-10,19-20H2/p+2. The average molecular weight is 375 g/mol. The molecule has 0 saturated heterocycles. The van der Waals surface area contributed by atoms with Gasteiger partial charge in [0.2, 0.25) is 10.0 Å². The van der Waals surface area contributed by atoms with Crippen LogP contribution in [-0.2, 0) is 10.0 Å². The molecule has 0 spiro atoms. The highest BCUT2D eigenvalue weighted by Gasteiger charge is 2.32. The smallest absolute Gasteiger partial charge is 0.243 e. The van der Waals surface area contributed by atoms with Gasteiger partial charge in [0.1, 0.15) is 0 Å². The van der Waals surface area contributed by atoms with Gasteiger partial charge >= 0.3 is 0 Å². The third kappa shape index (κ3) is 2.97. The van der Waals surface area contributed by atoms with Gasteiger partial charge in [-0.15, -0.1) is 0 Å². The zero-order valence-electron chi connectivity index (χ0n) is 14.3. The van der Waals surface area contributed by atoms with Gasteiger partial charge in [-0.25, -0.2) is 8.42 Å². The Balaban J connectivity index is 2.09. The number of nitrogens with zero attached hydrogens (tertiary/aromatic N) is 1. The van der Waals surface area contributed by atoms with Gasteiger partial charge in [0.05, 0.1) is 31.1 Å². The zero-order chi connectivity index (χ0) is 18.9. The van der Waals surface area contributed by atoms with Crippen molar-refractivity contribution in [3.63, 3.8) is 0 Å². The molecule has 0 aromatic heterocycles. The number of carbonyl (C=O) groups is 2. The Kier molecular flexibility index (Phi) is 5.01. The molecule has 0 heterocycles. The van der Waals surface area contributed by atoms with Crippen molar-refractivity contribution in [3.8, 4) is 0 Å². The summed E-state index contributed by atoms with van der Waals surface area (Å²) < 4.78 is 27.1. The van der Waals surface area contributed by atoms with E-state index in [-0.39, 0.29) is 40.7 Å². The van der Waals surface area contributed by atoms with Crippen LogP contribution in [0.3, 0.4) is 0 Å². The van der Waals surface area contributed by atoms with Gasteiger partial charge in [-0.1, -0.05) is 24.3 Å². The largest absolute Gasteiger partial charge is 0.356 e. The highest BCUT2D eigenvalue weighted by atomic mass is 32.2. The molecular formula is C18H21N3O4S+2. The molecule has 7 nitrogen and oxygen atoms in total. The second-order valence-corrected chi connectivity index (χ2v) is 7.96. The molecular weight excluding hydrogens is 354 g/mol. The monoisotopic (exact) mass is 375 g/mol. The second kappa shape index (κ2) is 7.08. The molecule has 1 aliphatic rings. The van der Waals surface area contributed by atoms with E-state index in [0.29, 0.717) is 24.2 Å². The minimum absolute atomic E-state index is 0.00122. The van der Waals surface area contributed by atoms with Gasteiger partial charge in [0.15, 0.2) is 11.6 Å². The van der Waals surface area contributed by atoms with Crippen LogP contribution in [-0.4, -0.2) is 50.5 Å². The maximum atomic E-state index is 12.9. The fraction of sp³-hybridized carbons (Fsp3) is 0.222. The molecule has 6 N–H and O–H groups in total. The molecule has 0 amide bonds. The lowest BCUT2D eigenvalue weighted by molar-refractivity contribution is -0.375. The highest BCUT2D eigenvalue weighted by molar-refractivity contribution is 7.89. The molecule has 1 aliphatic carbocycles. The van der Waals surface area contributed by atoms with Gasteiger partial charge < -0.3 is 11.5 Å². The zero-order valence-corrected chi connectivity index (χ0v) is 15.1. The van der Waals surface area contributed by atoms with E-state index in [1.165, 1.54) is 22.5 Å². The number of hydrogen-bond acceptors (Lipinski definition) is 4. The molecule has 2 aromatic rings.